The number of carbonyl (C=O) groups is 1. The van der Waals surface area contributed by atoms with Crippen molar-refractivity contribution in [1.82, 2.24) is 10.4 Å². The van der Waals surface area contributed by atoms with E-state index in [1.165, 1.54) is 16.9 Å². The summed E-state index contributed by atoms with van der Waals surface area (Å²) in [6.07, 6.45) is 0. The van der Waals surface area contributed by atoms with E-state index in [-0.39, 0.29) is 5.91 Å². The van der Waals surface area contributed by atoms with Crippen molar-refractivity contribution in [2.45, 2.75) is 34.3 Å². The van der Waals surface area contributed by atoms with Crippen LogP contribution in [0.3, 0.4) is 0 Å². The molecule has 1 amide bonds. The van der Waals surface area contributed by atoms with Crippen molar-refractivity contribution in [3.63, 3.8) is 0 Å². The zero-order valence-electron chi connectivity index (χ0n) is 12.6. The number of hydrogen-bond donors (Lipinski definition) is 2. The summed E-state index contributed by atoms with van der Waals surface area (Å²) in [5.74, 6) is 5.68. The molecular weight excluding hydrogens is 286 g/mol. The minimum atomic E-state index is -0.321. The normalized spacial score (nSPS) is 10.5. The molecule has 0 aliphatic carbocycles. The summed E-state index contributed by atoms with van der Waals surface area (Å²) in [5.41, 5.74) is 6.27. The fourth-order valence-corrected chi connectivity index (χ4v) is 2.96. The summed E-state index contributed by atoms with van der Waals surface area (Å²) in [4.78, 5) is 16.4. The van der Waals surface area contributed by atoms with Crippen LogP contribution in [0.4, 0.5) is 0 Å². The molecule has 1 aromatic heterocycles. The topological polar surface area (TPSA) is 77.2 Å². The Morgan fingerprint density at radius 1 is 1.33 bits per heavy atom. The van der Waals surface area contributed by atoms with Gasteiger partial charge in [0.1, 0.15) is 22.2 Å². The van der Waals surface area contributed by atoms with E-state index in [4.69, 9.17) is 10.6 Å². The first-order chi connectivity index (χ1) is 9.92. The SMILES string of the molecule is Cc1cc(C)c(C)c(OCc2nc(C)c(C(=O)NN)s2)c1. The lowest BCUT2D eigenvalue weighted by Crippen LogP contribution is -2.29. The first-order valence-corrected chi connectivity index (χ1v) is 7.42. The predicted octanol–water partition coefficient (Wildman–Crippen LogP) is 2.56. The fraction of sp³-hybridized carbons (Fsp3) is 0.333. The standard InChI is InChI=1S/C15H19N3O2S/c1-8-5-9(2)10(3)12(6-8)20-7-13-17-11(4)14(21-13)15(19)18-16/h5-6H,7,16H2,1-4H3,(H,18,19). The Morgan fingerprint density at radius 2 is 2.05 bits per heavy atom. The molecule has 0 saturated carbocycles. The first kappa shape index (κ1) is 15.5. The van der Waals surface area contributed by atoms with Gasteiger partial charge in [-0.3, -0.25) is 10.2 Å². The van der Waals surface area contributed by atoms with Gasteiger partial charge >= 0.3 is 0 Å². The molecule has 0 radical (unpaired) electrons. The van der Waals surface area contributed by atoms with Gasteiger partial charge in [-0.2, -0.15) is 0 Å². The second-order valence-electron chi connectivity index (χ2n) is 4.99. The van der Waals surface area contributed by atoms with Gasteiger partial charge in [-0.15, -0.1) is 11.3 Å². The van der Waals surface area contributed by atoms with Crippen LogP contribution in [0.15, 0.2) is 12.1 Å². The number of carbonyl (C=O) groups excluding carboxylic acids is 1. The van der Waals surface area contributed by atoms with E-state index >= 15 is 0 Å². The number of aryl methyl sites for hydroxylation is 3. The van der Waals surface area contributed by atoms with Crippen molar-refractivity contribution in [3.05, 3.63) is 44.4 Å². The van der Waals surface area contributed by atoms with Crippen molar-refractivity contribution >= 4 is 17.2 Å². The number of nitrogens with one attached hydrogen (secondary N) is 1. The Bertz CT molecular complexity index is 680. The quantitative estimate of drug-likeness (QED) is 0.517. The molecule has 6 heteroatoms. The largest absolute Gasteiger partial charge is 0.486 e. The van der Waals surface area contributed by atoms with E-state index in [2.05, 4.69) is 23.4 Å². The second kappa shape index (κ2) is 6.24. The minimum Gasteiger partial charge on any atom is -0.486 e. The number of rotatable bonds is 4. The van der Waals surface area contributed by atoms with Crippen LogP contribution in [-0.4, -0.2) is 10.9 Å². The van der Waals surface area contributed by atoms with Crippen LogP contribution in [0.2, 0.25) is 0 Å². The molecule has 5 nitrogen and oxygen atoms in total. The summed E-state index contributed by atoms with van der Waals surface area (Å²) in [6.45, 7) is 8.26. The zero-order chi connectivity index (χ0) is 15.6. The molecule has 0 aliphatic heterocycles. The minimum absolute atomic E-state index is 0.321. The molecule has 0 saturated heterocycles. The molecule has 0 bridgehead atoms. The number of thiazole rings is 1. The zero-order valence-corrected chi connectivity index (χ0v) is 13.4. The van der Waals surface area contributed by atoms with Gasteiger partial charge in [0.05, 0.1) is 5.69 Å². The molecule has 21 heavy (non-hydrogen) atoms. The van der Waals surface area contributed by atoms with Crippen molar-refractivity contribution in [2.75, 3.05) is 0 Å². The second-order valence-corrected chi connectivity index (χ2v) is 6.07. The summed E-state index contributed by atoms with van der Waals surface area (Å²) in [7, 11) is 0. The Labute approximate surface area is 128 Å². The number of benzene rings is 1. The molecule has 0 fully saturated rings. The van der Waals surface area contributed by atoms with Gasteiger partial charge in [0, 0.05) is 0 Å². The van der Waals surface area contributed by atoms with Gasteiger partial charge in [-0.25, -0.2) is 10.8 Å². The monoisotopic (exact) mass is 305 g/mol. The molecule has 0 atom stereocenters. The molecule has 1 heterocycles. The molecule has 2 rings (SSSR count). The van der Waals surface area contributed by atoms with Crippen LogP contribution in [0.5, 0.6) is 5.75 Å². The van der Waals surface area contributed by atoms with E-state index < -0.39 is 0 Å². The predicted molar refractivity (Wildman–Crippen MR) is 83.5 cm³/mol. The third-order valence-corrected chi connectivity index (χ3v) is 4.42. The number of nitrogens with zero attached hydrogens (tertiary/aromatic N) is 1. The lowest BCUT2D eigenvalue weighted by Gasteiger charge is -2.11. The number of amides is 1. The van der Waals surface area contributed by atoms with E-state index in [0.29, 0.717) is 17.2 Å². The van der Waals surface area contributed by atoms with Crippen LogP contribution in [0.25, 0.3) is 0 Å². The molecule has 112 valence electrons. The fourth-order valence-electron chi connectivity index (χ4n) is 2.08. The molecule has 2 aromatic rings. The molecule has 0 aliphatic rings. The average molecular weight is 305 g/mol. The van der Waals surface area contributed by atoms with Crippen LogP contribution in [0, 0.1) is 27.7 Å². The molecule has 3 N–H and O–H groups in total. The van der Waals surface area contributed by atoms with E-state index in [1.54, 1.807) is 6.92 Å². The van der Waals surface area contributed by atoms with Crippen LogP contribution in [-0.2, 0) is 6.61 Å². The Hall–Kier alpha value is -1.92. The van der Waals surface area contributed by atoms with Crippen molar-refractivity contribution in [1.29, 1.82) is 0 Å². The van der Waals surface area contributed by atoms with Gasteiger partial charge in [-0.1, -0.05) is 6.07 Å². The summed E-state index contributed by atoms with van der Waals surface area (Å²) < 4.78 is 5.85. The maximum atomic E-state index is 11.6. The summed E-state index contributed by atoms with van der Waals surface area (Å²) >= 11 is 1.30. The van der Waals surface area contributed by atoms with Crippen LogP contribution in [0.1, 0.15) is 37.1 Å². The van der Waals surface area contributed by atoms with Crippen molar-refractivity contribution in [3.8, 4) is 5.75 Å². The van der Waals surface area contributed by atoms with E-state index in [9.17, 15) is 4.79 Å². The molecule has 1 aromatic carbocycles. The number of nitrogens with two attached hydrogens (primary N) is 1. The lowest BCUT2D eigenvalue weighted by molar-refractivity contribution is 0.0957. The number of ether oxygens (including phenoxy) is 1. The highest BCUT2D eigenvalue weighted by Gasteiger charge is 2.15. The first-order valence-electron chi connectivity index (χ1n) is 6.60. The summed E-state index contributed by atoms with van der Waals surface area (Å²) in [5, 5.41) is 0.754. The number of hydrogen-bond acceptors (Lipinski definition) is 5. The highest BCUT2D eigenvalue weighted by molar-refractivity contribution is 7.13. The maximum Gasteiger partial charge on any atom is 0.277 e. The number of nitrogen functional groups attached to an aromatic ring is 1. The van der Waals surface area contributed by atoms with E-state index in [0.717, 1.165) is 21.9 Å². The van der Waals surface area contributed by atoms with Crippen LogP contribution >= 0.6 is 11.3 Å². The lowest BCUT2D eigenvalue weighted by atomic mass is 10.1. The summed E-state index contributed by atoms with van der Waals surface area (Å²) in [6, 6.07) is 4.13. The van der Waals surface area contributed by atoms with Crippen LogP contribution < -0.4 is 16.0 Å². The number of hydrazine groups is 1. The Balaban J connectivity index is 2.16. The van der Waals surface area contributed by atoms with Gasteiger partial charge in [0.15, 0.2) is 0 Å². The van der Waals surface area contributed by atoms with Gasteiger partial charge in [0.25, 0.3) is 5.91 Å². The molecular formula is C15H19N3O2S. The highest BCUT2D eigenvalue weighted by Crippen LogP contribution is 2.25. The molecule has 0 unspecified atom stereocenters. The number of aromatic nitrogens is 1. The highest BCUT2D eigenvalue weighted by atomic mass is 32.1. The van der Waals surface area contributed by atoms with Gasteiger partial charge in [0.2, 0.25) is 0 Å². The Kier molecular flexibility index (Phi) is 4.59. The van der Waals surface area contributed by atoms with Crippen molar-refractivity contribution < 1.29 is 9.53 Å². The smallest absolute Gasteiger partial charge is 0.277 e. The van der Waals surface area contributed by atoms with E-state index in [1.807, 2.05) is 19.9 Å². The third-order valence-electron chi connectivity index (χ3n) is 3.29. The van der Waals surface area contributed by atoms with Gasteiger partial charge < -0.3 is 4.74 Å². The third kappa shape index (κ3) is 3.40. The maximum absolute atomic E-state index is 11.6. The van der Waals surface area contributed by atoms with Gasteiger partial charge in [-0.05, 0) is 50.5 Å². The van der Waals surface area contributed by atoms with Crippen molar-refractivity contribution in [2.24, 2.45) is 5.84 Å². The average Bonchev–Trinajstić information content (AvgIpc) is 2.81. The Morgan fingerprint density at radius 3 is 2.71 bits per heavy atom. The molecule has 0 spiro atoms.